The second-order valence-electron chi connectivity index (χ2n) is 4.04. The number of benzene rings is 1. The number of aryl methyl sites for hydroxylation is 1. The van der Waals surface area contributed by atoms with Gasteiger partial charge in [0.2, 0.25) is 0 Å². The number of hydrogen-bond acceptors (Lipinski definition) is 3. The summed E-state index contributed by atoms with van der Waals surface area (Å²) in [6.45, 7) is 2.03. The zero-order chi connectivity index (χ0) is 13.0. The minimum Gasteiger partial charge on any atom is -0.484 e. The zero-order valence-electron chi connectivity index (χ0n) is 10.1. The van der Waals surface area contributed by atoms with Gasteiger partial charge in [-0.2, -0.15) is 0 Å². The third kappa shape index (κ3) is 2.84. The molecule has 0 bridgehead atoms. The predicted octanol–water partition coefficient (Wildman–Crippen LogP) is 2.61. The molecule has 1 aromatic heterocycles. The summed E-state index contributed by atoms with van der Waals surface area (Å²) in [4.78, 5) is 4.03. The van der Waals surface area contributed by atoms with Crippen molar-refractivity contribution in [1.82, 2.24) is 4.98 Å². The van der Waals surface area contributed by atoms with E-state index in [2.05, 4.69) is 4.98 Å². The van der Waals surface area contributed by atoms with Crippen molar-refractivity contribution in [2.24, 2.45) is 5.73 Å². The van der Waals surface area contributed by atoms with Gasteiger partial charge >= 0.3 is 0 Å². The summed E-state index contributed by atoms with van der Waals surface area (Å²) in [6.07, 6.45) is 3.14. The van der Waals surface area contributed by atoms with Crippen LogP contribution in [0.15, 0.2) is 42.7 Å². The van der Waals surface area contributed by atoms with Crippen molar-refractivity contribution < 1.29 is 9.13 Å². The molecule has 2 aromatic rings. The maximum Gasteiger partial charge on any atom is 0.137 e. The van der Waals surface area contributed by atoms with E-state index in [1.165, 1.54) is 6.07 Å². The van der Waals surface area contributed by atoms with E-state index in [0.717, 1.165) is 5.56 Å². The molecule has 0 radical (unpaired) electrons. The Hall–Kier alpha value is -1.94. The first-order valence-corrected chi connectivity index (χ1v) is 5.73. The second kappa shape index (κ2) is 5.60. The average Bonchev–Trinajstić information content (AvgIpc) is 2.41. The lowest BCUT2D eigenvalue weighted by Crippen LogP contribution is -2.18. The topological polar surface area (TPSA) is 48.1 Å². The van der Waals surface area contributed by atoms with Crippen LogP contribution >= 0.6 is 0 Å². The molecule has 2 N–H and O–H groups in total. The Morgan fingerprint density at radius 3 is 2.83 bits per heavy atom. The number of nitrogens with two attached hydrogens (primary N) is 1. The molecule has 0 aliphatic heterocycles. The van der Waals surface area contributed by atoms with Crippen molar-refractivity contribution in [2.75, 3.05) is 6.54 Å². The Morgan fingerprint density at radius 1 is 1.39 bits per heavy atom. The van der Waals surface area contributed by atoms with Gasteiger partial charge in [0.1, 0.15) is 17.7 Å². The summed E-state index contributed by atoms with van der Waals surface area (Å²) in [5, 5.41) is 0. The van der Waals surface area contributed by atoms with Gasteiger partial charge in [-0.25, -0.2) is 4.39 Å². The quantitative estimate of drug-likeness (QED) is 0.902. The van der Waals surface area contributed by atoms with Crippen molar-refractivity contribution in [1.29, 1.82) is 0 Å². The standard InChI is InChI=1S/C14H15FN2O/c1-10-7-12(4-5-13(10)15)18-14(8-16)11-3-2-6-17-9-11/h2-7,9,14H,8,16H2,1H3. The van der Waals surface area contributed by atoms with Gasteiger partial charge in [0, 0.05) is 24.5 Å². The number of rotatable bonds is 4. The average molecular weight is 246 g/mol. The Bertz CT molecular complexity index is 516. The van der Waals surface area contributed by atoms with Gasteiger partial charge in [-0.05, 0) is 36.8 Å². The molecule has 1 aromatic carbocycles. The second-order valence-corrected chi connectivity index (χ2v) is 4.04. The minimum atomic E-state index is -0.274. The van der Waals surface area contributed by atoms with Crippen molar-refractivity contribution in [3.05, 3.63) is 59.7 Å². The van der Waals surface area contributed by atoms with Crippen molar-refractivity contribution >= 4 is 0 Å². The van der Waals surface area contributed by atoms with Gasteiger partial charge in [-0.15, -0.1) is 0 Å². The number of hydrogen-bond donors (Lipinski definition) is 1. The number of nitrogens with zero attached hydrogens (tertiary/aromatic N) is 1. The first kappa shape index (κ1) is 12.5. The molecule has 18 heavy (non-hydrogen) atoms. The summed E-state index contributed by atoms with van der Waals surface area (Å²) >= 11 is 0. The molecule has 0 saturated heterocycles. The highest BCUT2D eigenvalue weighted by Crippen LogP contribution is 2.22. The minimum absolute atomic E-state index is 0.243. The van der Waals surface area contributed by atoms with Crippen molar-refractivity contribution in [3.8, 4) is 5.75 Å². The fraction of sp³-hybridized carbons (Fsp3) is 0.214. The molecule has 1 atom stereocenters. The van der Waals surface area contributed by atoms with Crippen LogP contribution in [0.1, 0.15) is 17.2 Å². The van der Waals surface area contributed by atoms with Crippen LogP contribution in [0.4, 0.5) is 4.39 Å². The van der Waals surface area contributed by atoms with E-state index in [9.17, 15) is 4.39 Å². The fourth-order valence-corrected chi connectivity index (χ4v) is 1.67. The maximum atomic E-state index is 13.2. The van der Waals surface area contributed by atoms with Crippen LogP contribution in [0.5, 0.6) is 5.75 Å². The molecule has 0 spiro atoms. The van der Waals surface area contributed by atoms with Crippen LogP contribution in [0.25, 0.3) is 0 Å². The van der Waals surface area contributed by atoms with Crippen molar-refractivity contribution in [3.63, 3.8) is 0 Å². The van der Waals surface area contributed by atoms with Gasteiger partial charge in [-0.3, -0.25) is 4.98 Å². The van der Waals surface area contributed by atoms with E-state index in [1.807, 2.05) is 12.1 Å². The molecule has 94 valence electrons. The molecule has 1 unspecified atom stereocenters. The molecular formula is C14H15FN2O. The van der Waals surface area contributed by atoms with Crippen molar-refractivity contribution in [2.45, 2.75) is 13.0 Å². The molecule has 4 heteroatoms. The maximum absolute atomic E-state index is 13.2. The van der Waals surface area contributed by atoms with E-state index in [0.29, 0.717) is 17.9 Å². The van der Waals surface area contributed by atoms with Crippen LogP contribution in [-0.4, -0.2) is 11.5 Å². The van der Waals surface area contributed by atoms with Gasteiger partial charge in [0.05, 0.1) is 0 Å². The van der Waals surface area contributed by atoms with Gasteiger partial charge in [0.25, 0.3) is 0 Å². The van der Waals surface area contributed by atoms with Crippen LogP contribution in [-0.2, 0) is 0 Å². The molecule has 1 heterocycles. The zero-order valence-corrected chi connectivity index (χ0v) is 10.1. The lowest BCUT2D eigenvalue weighted by Gasteiger charge is -2.17. The summed E-state index contributed by atoms with van der Waals surface area (Å²) in [7, 11) is 0. The van der Waals surface area contributed by atoms with Gasteiger partial charge in [-0.1, -0.05) is 6.07 Å². The highest BCUT2D eigenvalue weighted by molar-refractivity contribution is 5.29. The summed E-state index contributed by atoms with van der Waals surface area (Å²) < 4.78 is 18.9. The molecule has 0 aliphatic carbocycles. The van der Waals surface area contributed by atoms with Crippen LogP contribution in [0.2, 0.25) is 0 Å². The molecule has 2 rings (SSSR count). The third-order valence-electron chi connectivity index (χ3n) is 2.68. The number of aromatic nitrogens is 1. The largest absolute Gasteiger partial charge is 0.484 e. The van der Waals surface area contributed by atoms with Gasteiger partial charge < -0.3 is 10.5 Å². The third-order valence-corrected chi connectivity index (χ3v) is 2.68. The lowest BCUT2D eigenvalue weighted by molar-refractivity contribution is 0.213. The smallest absolute Gasteiger partial charge is 0.137 e. The van der Waals surface area contributed by atoms with E-state index in [1.54, 1.807) is 31.5 Å². The predicted molar refractivity (Wildman–Crippen MR) is 67.8 cm³/mol. The first-order valence-electron chi connectivity index (χ1n) is 5.73. The number of halogens is 1. The highest BCUT2D eigenvalue weighted by atomic mass is 19.1. The van der Waals surface area contributed by atoms with E-state index >= 15 is 0 Å². The fourth-order valence-electron chi connectivity index (χ4n) is 1.67. The molecule has 0 aliphatic rings. The molecule has 0 amide bonds. The molecule has 0 saturated carbocycles. The van der Waals surface area contributed by atoms with Crippen LogP contribution in [0, 0.1) is 12.7 Å². The van der Waals surface area contributed by atoms with E-state index in [4.69, 9.17) is 10.5 Å². The van der Waals surface area contributed by atoms with E-state index < -0.39 is 0 Å². The summed E-state index contributed by atoms with van der Waals surface area (Å²) in [5.74, 6) is 0.362. The monoisotopic (exact) mass is 246 g/mol. The lowest BCUT2D eigenvalue weighted by atomic mass is 10.1. The molecule has 0 fully saturated rings. The Kier molecular flexibility index (Phi) is 3.89. The Morgan fingerprint density at radius 2 is 2.22 bits per heavy atom. The first-order chi connectivity index (χ1) is 8.70. The number of ether oxygens (including phenoxy) is 1. The molecular weight excluding hydrogens is 231 g/mol. The summed E-state index contributed by atoms with van der Waals surface area (Å²) in [6, 6.07) is 8.38. The van der Waals surface area contributed by atoms with Crippen LogP contribution < -0.4 is 10.5 Å². The highest BCUT2D eigenvalue weighted by Gasteiger charge is 2.12. The Labute approximate surface area is 105 Å². The van der Waals surface area contributed by atoms with Gasteiger partial charge in [0.15, 0.2) is 0 Å². The van der Waals surface area contributed by atoms with E-state index in [-0.39, 0.29) is 11.9 Å². The molecule has 3 nitrogen and oxygen atoms in total. The Balaban J connectivity index is 2.18. The SMILES string of the molecule is Cc1cc(OC(CN)c2cccnc2)ccc1F. The van der Waals surface area contributed by atoms with Crippen LogP contribution in [0.3, 0.4) is 0 Å². The summed E-state index contributed by atoms with van der Waals surface area (Å²) in [5.41, 5.74) is 7.15. The number of pyridine rings is 1. The normalized spacial score (nSPS) is 12.2.